The molecule has 0 saturated heterocycles. The molecule has 8 nitrogen and oxygen atoms in total. The SMILES string of the molecule is CCCCOC(=O)N(C)C(=O)c1nc2c(cc1OCC)CN=C2N. The second kappa shape index (κ2) is 7.76. The van der Waals surface area contributed by atoms with Crippen molar-refractivity contribution in [2.24, 2.45) is 10.7 Å². The highest BCUT2D eigenvalue weighted by Gasteiger charge is 2.28. The van der Waals surface area contributed by atoms with Crippen molar-refractivity contribution in [1.29, 1.82) is 0 Å². The summed E-state index contributed by atoms with van der Waals surface area (Å²) < 4.78 is 10.5. The Morgan fingerprint density at radius 2 is 2.12 bits per heavy atom. The van der Waals surface area contributed by atoms with E-state index in [9.17, 15) is 9.59 Å². The van der Waals surface area contributed by atoms with E-state index in [0.717, 1.165) is 23.3 Å². The van der Waals surface area contributed by atoms with Crippen LogP contribution in [0.1, 0.15) is 48.4 Å². The van der Waals surface area contributed by atoms with E-state index in [1.165, 1.54) is 7.05 Å². The van der Waals surface area contributed by atoms with E-state index in [0.29, 0.717) is 24.6 Å². The van der Waals surface area contributed by atoms with Crippen LogP contribution in [0.25, 0.3) is 0 Å². The van der Waals surface area contributed by atoms with Crippen molar-refractivity contribution in [3.63, 3.8) is 0 Å². The summed E-state index contributed by atoms with van der Waals surface area (Å²) in [5.41, 5.74) is 7.05. The number of rotatable bonds is 6. The Kier molecular flexibility index (Phi) is 5.73. The third-order valence-corrected chi connectivity index (χ3v) is 3.53. The molecule has 2 N–H and O–H groups in total. The first kappa shape index (κ1) is 17.7. The summed E-state index contributed by atoms with van der Waals surface area (Å²) in [4.78, 5) is 33.8. The van der Waals surface area contributed by atoms with Crippen LogP contribution in [0.2, 0.25) is 0 Å². The first-order valence-electron chi connectivity index (χ1n) is 7.91. The zero-order valence-corrected chi connectivity index (χ0v) is 14.2. The van der Waals surface area contributed by atoms with Crippen LogP contribution < -0.4 is 10.5 Å². The highest BCUT2D eigenvalue weighted by molar-refractivity contribution is 6.05. The number of fused-ring (bicyclic) bond motifs is 1. The maximum atomic E-state index is 12.6. The molecule has 1 aromatic heterocycles. The van der Waals surface area contributed by atoms with Gasteiger partial charge in [0.1, 0.15) is 11.5 Å². The Bertz CT molecular complexity index is 672. The number of hydrogen-bond donors (Lipinski definition) is 1. The van der Waals surface area contributed by atoms with Gasteiger partial charge in [-0.05, 0) is 19.4 Å². The number of ether oxygens (including phenoxy) is 2. The van der Waals surface area contributed by atoms with Crippen molar-refractivity contribution in [1.82, 2.24) is 9.88 Å². The Morgan fingerprint density at radius 1 is 1.38 bits per heavy atom. The molecule has 1 aliphatic rings. The number of carbonyl (C=O) groups is 2. The lowest BCUT2D eigenvalue weighted by Gasteiger charge is -2.17. The molecule has 0 fully saturated rings. The van der Waals surface area contributed by atoms with Crippen molar-refractivity contribution >= 4 is 17.8 Å². The lowest BCUT2D eigenvalue weighted by atomic mass is 10.1. The summed E-state index contributed by atoms with van der Waals surface area (Å²) in [5, 5.41) is 0. The molecule has 130 valence electrons. The number of imide groups is 1. The number of amides is 2. The lowest BCUT2D eigenvalue weighted by Crippen LogP contribution is -2.35. The number of pyridine rings is 1. The number of nitrogens with zero attached hydrogens (tertiary/aromatic N) is 3. The normalized spacial score (nSPS) is 12.4. The van der Waals surface area contributed by atoms with E-state index in [4.69, 9.17) is 15.2 Å². The van der Waals surface area contributed by atoms with Gasteiger partial charge in [-0.15, -0.1) is 0 Å². The van der Waals surface area contributed by atoms with Crippen LogP contribution in [-0.2, 0) is 11.3 Å². The molecule has 2 rings (SSSR count). The predicted octanol–water partition coefficient (Wildman–Crippen LogP) is 1.71. The summed E-state index contributed by atoms with van der Waals surface area (Å²) in [6, 6.07) is 1.69. The molecule has 8 heteroatoms. The average Bonchev–Trinajstić information content (AvgIpc) is 2.93. The summed E-state index contributed by atoms with van der Waals surface area (Å²) in [6.07, 6.45) is 0.909. The fourth-order valence-electron chi connectivity index (χ4n) is 2.18. The topological polar surface area (TPSA) is 107 Å². The fourth-order valence-corrected chi connectivity index (χ4v) is 2.18. The molecular weight excluding hydrogens is 312 g/mol. The van der Waals surface area contributed by atoms with Crippen LogP contribution in [0, 0.1) is 0 Å². The van der Waals surface area contributed by atoms with Crippen LogP contribution in [-0.4, -0.2) is 48.0 Å². The molecule has 1 aromatic rings. The molecule has 0 bridgehead atoms. The van der Waals surface area contributed by atoms with E-state index in [1.54, 1.807) is 13.0 Å². The van der Waals surface area contributed by atoms with Crippen molar-refractivity contribution in [2.45, 2.75) is 33.2 Å². The number of aromatic nitrogens is 1. The van der Waals surface area contributed by atoms with Gasteiger partial charge >= 0.3 is 6.09 Å². The maximum absolute atomic E-state index is 12.6. The highest BCUT2D eigenvalue weighted by Crippen LogP contribution is 2.25. The van der Waals surface area contributed by atoms with Crippen molar-refractivity contribution < 1.29 is 19.1 Å². The Balaban J connectivity index is 2.25. The first-order chi connectivity index (χ1) is 11.5. The van der Waals surface area contributed by atoms with Gasteiger partial charge in [-0.2, -0.15) is 0 Å². The molecule has 0 atom stereocenters. The van der Waals surface area contributed by atoms with Crippen LogP contribution in [0.5, 0.6) is 5.75 Å². The van der Waals surface area contributed by atoms with Gasteiger partial charge in [0.15, 0.2) is 11.4 Å². The van der Waals surface area contributed by atoms with E-state index in [1.807, 2.05) is 6.92 Å². The lowest BCUT2D eigenvalue weighted by molar-refractivity contribution is 0.0698. The molecule has 0 spiro atoms. The minimum Gasteiger partial charge on any atom is -0.491 e. The molecule has 0 radical (unpaired) electrons. The van der Waals surface area contributed by atoms with Gasteiger partial charge in [-0.1, -0.05) is 13.3 Å². The zero-order valence-electron chi connectivity index (χ0n) is 14.2. The maximum Gasteiger partial charge on any atom is 0.416 e. The molecule has 2 heterocycles. The summed E-state index contributed by atoms with van der Waals surface area (Å²) in [5.74, 6) is -0.0305. The van der Waals surface area contributed by atoms with Gasteiger partial charge in [0.25, 0.3) is 5.91 Å². The van der Waals surface area contributed by atoms with E-state index in [2.05, 4.69) is 9.98 Å². The van der Waals surface area contributed by atoms with Crippen LogP contribution >= 0.6 is 0 Å². The molecule has 0 unspecified atom stereocenters. The Morgan fingerprint density at radius 3 is 2.79 bits per heavy atom. The second-order valence-electron chi connectivity index (χ2n) is 5.31. The Labute approximate surface area is 140 Å². The van der Waals surface area contributed by atoms with E-state index < -0.39 is 12.0 Å². The van der Waals surface area contributed by atoms with Crippen LogP contribution in [0.3, 0.4) is 0 Å². The smallest absolute Gasteiger partial charge is 0.416 e. The summed E-state index contributed by atoms with van der Waals surface area (Å²) in [7, 11) is 1.35. The molecule has 1 aliphatic heterocycles. The third kappa shape index (κ3) is 3.64. The minimum atomic E-state index is -0.722. The summed E-state index contributed by atoms with van der Waals surface area (Å²) >= 11 is 0. The van der Waals surface area contributed by atoms with E-state index >= 15 is 0 Å². The average molecular weight is 334 g/mol. The number of carbonyl (C=O) groups excluding carboxylic acids is 2. The minimum absolute atomic E-state index is 0.0191. The molecule has 2 amide bonds. The zero-order chi connectivity index (χ0) is 17.7. The number of nitrogens with two attached hydrogens (primary N) is 1. The van der Waals surface area contributed by atoms with Gasteiger partial charge in [0, 0.05) is 12.6 Å². The largest absolute Gasteiger partial charge is 0.491 e. The Hall–Kier alpha value is -2.64. The summed E-state index contributed by atoms with van der Waals surface area (Å²) in [6.45, 7) is 4.81. The van der Waals surface area contributed by atoms with Gasteiger partial charge in [-0.25, -0.2) is 14.7 Å². The van der Waals surface area contributed by atoms with E-state index in [-0.39, 0.29) is 18.1 Å². The standard InChI is InChI=1S/C16H22N4O4/c1-4-6-7-24-16(22)20(3)15(21)13-11(23-5-2)8-10-9-18-14(17)12(10)19-13/h8H,4-7,9H2,1-3H3,(H2,17,18). The van der Waals surface area contributed by atoms with Gasteiger partial charge < -0.3 is 15.2 Å². The monoisotopic (exact) mass is 334 g/mol. The first-order valence-corrected chi connectivity index (χ1v) is 7.91. The third-order valence-electron chi connectivity index (χ3n) is 3.53. The van der Waals surface area contributed by atoms with Crippen LogP contribution in [0.4, 0.5) is 4.79 Å². The molecule has 0 aromatic carbocycles. The second-order valence-corrected chi connectivity index (χ2v) is 5.31. The van der Waals surface area contributed by atoms with Gasteiger partial charge in [-0.3, -0.25) is 9.79 Å². The molecule has 0 aliphatic carbocycles. The molecule has 0 saturated carbocycles. The van der Waals surface area contributed by atoms with Crippen LogP contribution in [0.15, 0.2) is 11.1 Å². The molecule has 24 heavy (non-hydrogen) atoms. The number of unbranched alkanes of at least 4 members (excludes halogenated alkanes) is 1. The van der Waals surface area contributed by atoms with Gasteiger partial charge in [0.05, 0.1) is 19.8 Å². The van der Waals surface area contributed by atoms with Gasteiger partial charge in [0.2, 0.25) is 0 Å². The highest BCUT2D eigenvalue weighted by atomic mass is 16.6. The van der Waals surface area contributed by atoms with Crippen molar-refractivity contribution in [2.75, 3.05) is 20.3 Å². The quantitative estimate of drug-likeness (QED) is 0.794. The van der Waals surface area contributed by atoms with Crippen molar-refractivity contribution in [3.05, 3.63) is 23.0 Å². The van der Waals surface area contributed by atoms with Crippen molar-refractivity contribution in [3.8, 4) is 5.75 Å². The number of hydrogen-bond acceptors (Lipinski definition) is 7. The number of aliphatic imine (C=N–C) groups is 1. The molecular formula is C16H22N4O4. The number of amidine groups is 1. The fraction of sp³-hybridized carbons (Fsp3) is 0.500. The predicted molar refractivity (Wildman–Crippen MR) is 88.2 cm³/mol.